The zero-order chi connectivity index (χ0) is 7.11. The van der Waals surface area contributed by atoms with Crippen LogP contribution in [0.3, 0.4) is 0 Å². The van der Waals surface area contributed by atoms with Crippen LogP contribution in [-0.2, 0) is 0 Å². The topological polar surface area (TPSA) is 12.4 Å². The van der Waals surface area contributed by atoms with Crippen LogP contribution in [0.5, 0.6) is 0 Å². The summed E-state index contributed by atoms with van der Waals surface area (Å²) in [5.74, 6) is 0. The molecule has 0 saturated carbocycles. The van der Waals surface area contributed by atoms with Crippen LogP contribution in [0.25, 0.3) is 0 Å². The van der Waals surface area contributed by atoms with Crippen LogP contribution in [0.15, 0.2) is 4.99 Å². The minimum Gasteiger partial charge on any atom is -0.233 e. The van der Waals surface area contributed by atoms with E-state index >= 15 is 0 Å². The van der Waals surface area contributed by atoms with Crippen molar-refractivity contribution in [3.63, 3.8) is 0 Å². The number of rotatable bonds is 4. The molecule has 0 bridgehead atoms. The largest absolute Gasteiger partial charge is 0.233 e. The lowest BCUT2D eigenvalue weighted by atomic mass is 10.2. The summed E-state index contributed by atoms with van der Waals surface area (Å²) in [6.07, 6.45) is 2.16. The van der Waals surface area contributed by atoms with Crippen molar-refractivity contribution in [2.75, 3.05) is 6.54 Å². The van der Waals surface area contributed by atoms with E-state index in [1.165, 1.54) is 0 Å². The Labute approximate surface area is 67.0 Å². The van der Waals surface area contributed by atoms with E-state index in [2.05, 4.69) is 41.9 Å². The number of nitrogens with zero attached hydrogens (tertiary/aromatic N) is 1. The molecule has 1 nitrogen and oxygen atoms in total. The fourth-order valence-corrected chi connectivity index (χ4v) is 0.785. The van der Waals surface area contributed by atoms with Crippen LogP contribution in [0.1, 0.15) is 19.8 Å². The van der Waals surface area contributed by atoms with Crippen molar-refractivity contribution < 1.29 is 0 Å². The van der Waals surface area contributed by atoms with E-state index in [0.717, 1.165) is 19.4 Å². The van der Waals surface area contributed by atoms with Crippen LogP contribution in [0.2, 0.25) is 0 Å². The lowest BCUT2D eigenvalue weighted by Crippen LogP contribution is -1.91. The predicted molar refractivity (Wildman–Crippen MR) is 47.6 cm³/mol. The highest BCUT2D eigenvalue weighted by molar-refractivity contribution is 7.80. The molecule has 1 atom stereocenters. The molecule has 1 unspecified atom stereocenters. The maximum absolute atomic E-state index is 4.40. The number of hydrogen-bond donors (Lipinski definition) is 1. The van der Waals surface area contributed by atoms with E-state index < -0.39 is 0 Å². The number of hydrogen-bond acceptors (Lipinski definition) is 3. The highest BCUT2D eigenvalue weighted by Crippen LogP contribution is 2.01. The van der Waals surface area contributed by atoms with Crippen LogP contribution >= 0.6 is 24.8 Å². The van der Waals surface area contributed by atoms with Crippen molar-refractivity contribution in [2.45, 2.75) is 25.0 Å². The third-order valence-electron chi connectivity index (χ3n) is 0.956. The first kappa shape index (κ1) is 9.15. The van der Waals surface area contributed by atoms with E-state index in [4.69, 9.17) is 0 Å². The highest BCUT2D eigenvalue weighted by atomic mass is 32.1. The predicted octanol–water partition coefficient (Wildman–Crippen LogP) is 2.19. The molecule has 0 aliphatic rings. The van der Waals surface area contributed by atoms with Gasteiger partial charge >= 0.3 is 0 Å². The quantitative estimate of drug-likeness (QED) is 0.288. The minimum atomic E-state index is 0.477. The molecule has 0 saturated heterocycles. The number of isothiocyanates is 1. The summed E-state index contributed by atoms with van der Waals surface area (Å²) in [5.41, 5.74) is 0. The first-order valence-electron chi connectivity index (χ1n) is 2.99. The molecule has 0 aromatic rings. The van der Waals surface area contributed by atoms with Gasteiger partial charge in [0.1, 0.15) is 0 Å². The molecule has 0 aromatic heterocycles. The zero-order valence-corrected chi connectivity index (χ0v) is 7.21. The van der Waals surface area contributed by atoms with Crippen molar-refractivity contribution in [1.29, 1.82) is 0 Å². The van der Waals surface area contributed by atoms with Gasteiger partial charge in [0.2, 0.25) is 0 Å². The molecule has 0 aliphatic carbocycles. The van der Waals surface area contributed by atoms with Crippen LogP contribution in [-0.4, -0.2) is 17.0 Å². The Morgan fingerprint density at radius 2 is 2.44 bits per heavy atom. The molecule has 0 amide bonds. The Morgan fingerprint density at radius 3 is 2.89 bits per heavy atom. The second-order valence-electron chi connectivity index (χ2n) is 1.96. The Bertz CT molecular complexity index is 106. The van der Waals surface area contributed by atoms with Gasteiger partial charge in [0, 0.05) is 6.54 Å². The van der Waals surface area contributed by atoms with Crippen LogP contribution < -0.4 is 0 Å². The number of thiol groups is 1. The molecular formula is C6H11NS2. The Morgan fingerprint density at radius 1 is 1.78 bits per heavy atom. The van der Waals surface area contributed by atoms with Gasteiger partial charge in [-0.05, 0) is 30.3 Å². The third kappa shape index (κ3) is 8.15. The van der Waals surface area contributed by atoms with Gasteiger partial charge in [-0.25, -0.2) is 4.99 Å². The van der Waals surface area contributed by atoms with Gasteiger partial charge in [-0.3, -0.25) is 0 Å². The number of aliphatic imine (C=N–C) groups is 1. The second kappa shape index (κ2) is 6.27. The van der Waals surface area contributed by atoms with Crippen LogP contribution in [0.4, 0.5) is 0 Å². The van der Waals surface area contributed by atoms with Crippen molar-refractivity contribution in [3.8, 4) is 0 Å². The van der Waals surface area contributed by atoms with Gasteiger partial charge in [-0.1, -0.05) is 6.92 Å². The van der Waals surface area contributed by atoms with E-state index in [0.29, 0.717) is 5.25 Å². The Kier molecular flexibility index (Phi) is 6.38. The molecule has 0 heterocycles. The molecule has 0 N–H and O–H groups in total. The average molecular weight is 161 g/mol. The lowest BCUT2D eigenvalue weighted by Gasteiger charge is -1.98. The molecule has 0 rings (SSSR count). The molecule has 0 fully saturated rings. The summed E-state index contributed by atoms with van der Waals surface area (Å²) < 4.78 is 0. The van der Waals surface area contributed by atoms with Gasteiger partial charge in [0.25, 0.3) is 0 Å². The summed E-state index contributed by atoms with van der Waals surface area (Å²) in [6.45, 7) is 2.87. The molecule has 0 aliphatic heterocycles. The van der Waals surface area contributed by atoms with Crippen molar-refractivity contribution >= 4 is 30.0 Å². The van der Waals surface area contributed by atoms with Gasteiger partial charge < -0.3 is 0 Å². The maximum atomic E-state index is 4.40. The minimum absolute atomic E-state index is 0.477. The van der Waals surface area contributed by atoms with E-state index in [1.54, 1.807) is 0 Å². The lowest BCUT2D eigenvalue weighted by molar-refractivity contribution is 0.745. The van der Waals surface area contributed by atoms with E-state index in [-0.39, 0.29) is 0 Å². The van der Waals surface area contributed by atoms with Gasteiger partial charge in [-0.2, -0.15) is 12.6 Å². The van der Waals surface area contributed by atoms with Gasteiger partial charge in [-0.15, -0.1) is 0 Å². The van der Waals surface area contributed by atoms with Crippen molar-refractivity contribution in [2.24, 2.45) is 4.99 Å². The first-order valence-corrected chi connectivity index (χ1v) is 3.91. The maximum Gasteiger partial charge on any atom is 0.0584 e. The molecule has 0 spiro atoms. The summed E-state index contributed by atoms with van der Waals surface area (Å²) in [4.78, 5) is 3.77. The third-order valence-corrected chi connectivity index (χ3v) is 1.34. The smallest absolute Gasteiger partial charge is 0.0584 e. The van der Waals surface area contributed by atoms with E-state index in [1.807, 2.05) is 0 Å². The molecule has 0 aromatic carbocycles. The van der Waals surface area contributed by atoms with Crippen LogP contribution in [0, 0.1) is 0 Å². The molecule has 0 radical (unpaired) electrons. The average Bonchev–Trinajstić information content (AvgIpc) is 1.80. The second-order valence-corrected chi connectivity index (χ2v) is 3.03. The Hall–Kier alpha value is 0.150. The summed E-state index contributed by atoms with van der Waals surface area (Å²) >= 11 is 8.61. The molecule has 52 valence electrons. The molecule has 3 heteroatoms. The first-order chi connectivity index (χ1) is 4.27. The fourth-order valence-electron chi connectivity index (χ4n) is 0.511. The zero-order valence-electron chi connectivity index (χ0n) is 5.50. The summed E-state index contributed by atoms with van der Waals surface area (Å²) in [6, 6.07) is 0. The SMILES string of the molecule is CC(S)CCCN=C=S. The van der Waals surface area contributed by atoms with Crippen molar-refractivity contribution in [3.05, 3.63) is 0 Å². The summed E-state index contributed by atoms with van der Waals surface area (Å²) in [7, 11) is 0. The molecular weight excluding hydrogens is 150 g/mol. The van der Waals surface area contributed by atoms with Gasteiger partial charge in [0.05, 0.1) is 5.16 Å². The fraction of sp³-hybridized carbons (Fsp3) is 0.833. The van der Waals surface area contributed by atoms with Gasteiger partial charge in [0.15, 0.2) is 0 Å². The number of thiocarbonyl (C=S) groups is 1. The summed E-state index contributed by atoms with van der Waals surface area (Å²) in [5, 5.41) is 2.80. The molecule has 9 heavy (non-hydrogen) atoms. The monoisotopic (exact) mass is 161 g/mol. The highest BCUT2D eigenvalue weighted by Gasteiger charge is 1.91. The van der Waals surface area contributed by atoms with E-state index in [9.17, 15) is 0 Å². The Balaban J connectivity index is 3.00. The van der Waals surface area contributed by atoms with Crippen molar-refractivity contribution in [1.82, 2.24) is 0 Å². The normalized spacial score (nSPS) is 12.2. The standard InChI is InChI=1S/C6H11NS2/c1-6(9)3-2-4-7-5-8/h6,9H,2-4H2,1H3.